The number of aryl methyl sites for hydroxylation is 1. The van der Waals surface area contributed by atoms with Gasteiger partial charge in [-0.05, 0) is 37.8 Å². The first-order chi connectivity index (χ1) is 14.7. The summed E-state index contributed by atoms with van der Waals surface area (Å²) in [6.45, 7) is 3.27. The van der Waals surface area contributed by atoms with Crippen molar-refractivity contribution in [2.75, 3.05) is 26.2 Å². The van der Waals surface area contributed by atoms with Gasteiger partial charge in [-0.15, -0.1) is 0 Å². The minimum Gasteiger partial charge on any atom is -0.393 e. The van der Waals surface area contributed by atoms with Gasteiger partial charge in [-0.2, -0.15) is 18.2 Å². The highest BCUT2D eigenvalue weighted by Crippen LogP contribution is 2.38. The molecule has 2 saturated heterocycles. The van der Waals surface area contributed by atoms with Crippen molar-refractivity contribution in [3.8, 4) is 0 Å². The lowest BCUT2D eigenvalue weighted by molar-refractivity contribution is -0.137. The predicted molar refractivity (Wildman–Crippen MR) is 104 cm³/mol. The maximum Gasteiger partial charge on any atom is 0.416 e. The Morgan fingerprint density at radius 3 is 2.52 bits per heavy atom. The van der Waals surface area contributed by atoms with Crippen LogP contribution in [0.25, 0.3) is 0 Å². The van der Waals surface area contributed by atoms with Crippen molar-refractivity contribution in [2.45, 2.75) is 50.3 Å². The quantitative estimate of drug-likeness (QED) is 0.776. The van der Waals surface area contributed by atoms with E-state index < -0.39 is 17.8 Å². The van der Waals surface area contributed by atoms with Gasteiger partial charge in [0, 0.05) is 32.1 Å². The van der Waals surface area contributed by atoms with Gasteiger partial charge in [0.05, 0.1) is 17.6 Å². The molecular weight excluding hydrogens is 413 g/mol. The fourth-order valence-corrected chi connectivity index (χ4v) is 4.38. The molecule has 0 bridgehead atoms. The minimum absolute atomic E-state index is 0.176. The Balaban J connectivity index is 1.60. The number of alkyl halides is 3. The molecular formula is C21H25F3N4O3. The summed E-state index contributed by atoms with van der Waals surface area (Å²) in [5.41, 5.74) is -0.175. The van der Waals surface area contributed by atoms with Gasteiger partial charge in [0.15, 0.2) is 5.82 Å². The number of aliphatic hydroxyl groups excluding tert-OH is 1. The monoisotopic (exact) mass is 438 g/mol. The number of aliphatic hydroxyl groups is 1. The number of likely N-dealkylation sites (tertiary alicyclic amines) is 2. The second-order valence-corrected chi connectivity index (χ2v) is 8.34. The first-order valence-corrected chi connectivity index (χ1v) is 10.4. The van der Waals surface area contributed by atoms with Gasteiger partial charge in [-0.1, -0.05) is 23.4 Å². The first kappa shape index (κ1) is 21.6. The number of hydrogen-bond acceptors (Lipinski definition) is 5. The van der Waals surface area contributed by atoms with Crippen LogP contribution in [0.1, 0.15) is 53.9 Å². The molecule has 0 radical (unpaired) electrons. The Hall–Kier alpha value is -2.62. The Morgan fingerprint density at radius 1 is 1.16 bits per heavy atom. The van der Waals surface area contributed by atoms with Crippen molar-refractivity contribution < 1.29 is 27.6 Å². The van der Waals surface area contributed by atoms with E-state index in [1.807, 2.05) is 0 Å². The van der Waals surface area contributed by atoms with Crippen LogP contribution in [0, 0.1) is 6.92 Å². The number of carbonyl (C=O) groups excluding carboxylic acids is 1. The highest BCUT2D eigenvalue weighted by molar-refractivity contribution is 5.75. The number of hydrogen-bond donors (Lipinski definition) is 1. The maximum atomic E-state index is 13.2. The summed E-state index contributed by atoms with van der Waals surface area (Å²) >= 11 is 0. The molecule has 2 amide bonds. The summed E-state index contributed by atoms with van der Waals surface area (Å²) in [5.74, 6) is 0.293. The van der Waals surface area contributed by atoms with Gasteiger partial charge in [0.1, 0.15) is 0 Å². The molecule has 2 aliphatic rings. The maximum absolute atomic E-state index is 13.2. The summed E-state index contributed by atoms with van der Waals surface area (Å²) in [5, 5.41) is 13.6. The molecule has 1 N–H and O–H groups in total. The molecule has 7 nitrogen and oxygen atoms in total. The van der Waals surface area contributed by atoms with Crippen LogP contribution in [-0.2, 0) is 6.18 Å². The average molecular weight is 438 g/mol. The largest absolute Gasteiger partial charge is 0.416 e. The Bertz CT molecular complexity index is 925. The molecule has 3 heterocycles. The fraction of sp³-hybridized carbons (Fsp3) is 0.571. The van der Waals surface area contributed by atoms with Crippen molar-refractivity contribution in [2.24, 2.45) is 0 Å². The Labute approximate surface area is 177 Å². The number of urea groups is 1. The first-order valence-electron chi connectivity index (χ1n) is 10.4. The van der Waals surface area contributed by atoms with Crippen LogP contribution in [0.4, 0.5) is 18.0 Å². The zero-order valence-electron chi connectivity index (χ0n) is 17.2. The lowest BCUT2D eigenvalue weighted by Gasteiger charge is -2.40. The number of halogens is 3. The van der Waals surface area contributed by atoms with Crippen LogP contribution in [-0.4, -0.2) is 63.4 Å². The smallest absolute Gasteiger partial charge is 0.393 e. The van der Waals surface area contributed by atoms with E-state index in [2.05, 4.69) is 10.1 Å². The van der Waals surface area contributed by atoms with Gasteiger partial charge in [0.25, 0.3) is 0 Å². The van der Waals surface area contributed by atoms with Crippen molar-refractivity contribution >= 4 is 6.03 Å². The van der Waals surface area contributed by atoms with Gasteiger partial charge in [0.2, 0.25) is 5.89 Å². The summed E-state index contributed by atoms with van der Waals surface area (Å²) < 4.78 is 45.0. The molecule has 0 spiro atoms. The van der Waals surface area contributed by atoms with Crippen molar-refractivity contribution in [1.82, 2.24) is 19.9 Å². The van der Waals surface area contributed by atoms with E-state index >= 15 is 0 Å². The van der Waals surface area contributed by atoms with Crippen LogP contribution < -0.4 is 0 Å². The third-order valence-electron chi connectivity index (χ3n) is 6.03. The summed E-state index contributed by atoms with van der Waals surface area (Å²) in [6, 6.07) is 5.10. The van der Waals surface area contributed by atoms with E-state index in [4.69, 9.17) is 4.52 Å². The second-order valence-electron chi connectivity index (χ2n) is 8.34. The SMILES string of the molecule is Cc1noc(C2CC(c3cccc(C(F)(F)F)c3)CN(C(=O)N3CCC(O)CC3)C2)n1. The number of piperidine rings is 2. The van der Waals surface area contributed by atoms with Gasteiger partial charge >= 0.3 is 12.2 Å². The molecule has 2 atom stereocenters. The van der Waals surface area contributed by atoms with Crippen LogP contribution in [0.2, 0.25) is 0 Å². The molecule has 0 saturated carbocycles. The molecule has 2 fully saturated rings. The molecule has 31 heavy (non-hydrogen) atoms. The van der Waals surface area contributed by atoms with Crippen LogP contribution in [0.3, 0.4) is 0 Å². The van der Waals surface area contributed by atoms with E-state index in [1.165, 1.54) is 6.07 Å². The molecule has 4 rings (SSSR count). The third-order valence-corrected chi connectivity index (χ3v) is 6.03. The molecule has 2 aliphatic heterocycles. The number of carbonyl (C=O) groups is 1. The molecule has 1 aromatic heterocycles. The normalized spacial score (nSPS) is 23.3. The van der Waals surface area contributed by atoms with E-state index in [0.717, 1.165) is 12.1 Å². The zero-order valence-corrected chi connectivity index (χ0v) is 17.2. The lowest BCUT2D eigenvalue weighted by atomic mass is 9.84. The van der Waals surface area contributed by atoms with Gasteiger partial charge in [-0.25, -0.2) is 4.79 Å². The van der Waals surface area contributed by atoms with E-state index in [-0.39, 0.29) is 17.9 Å². The number of benzene rings is 1. The van der Waals surface area contributed by atoms with Crippen LogP contribution >= 0.6 is 0 Å². The Kier molecular flexibility index (Phi) is 5.92. The molecule has 2 unspecified atom stereocenters. The van der Waals surface area contributed by atoms with E-state index in [9.17, 15) is 23.1 Å². The standard InChI is InChI=1S/C21H25F3N4O3/c1-13-25-19(31-26-13)16-9-15(14-3-2-4-17(10-14)21(22,23)24)11-28(12-16)20(30)27-7-5-18(29)6-8-27/h2-4,10,15-16,18,29H,5-9,11-12H2,1H3. The van der Waals surface area contributed by atoms with Gasteiger partial charge in [-0.3, -0.25) is 0 Å². The van der Waals surface area contributed by atoms with E-state index in [0.29, 0.717) is 62.7 Å². The topological polar surface area (TPSA) is 82.7 Å². The molecule has 168 valence electrons. The summed E-state index contributed by atoms with van der Waals surface area (Å²) in [7, 11) is 0. The zero-order chi connectivity index (χ0) is 22.2. The van der Waals surface area contributed by atoms with Crippen molar-refractivity contribution in [3.05, 3.63) is 47.1 Å². The molecule has 0 aliphatic carbocycles. The van der Waals surface area contributed by atoms with Crippen LogP contribution in [0.15, 0.2) is 28.8 Å². The molecule has 10 heteroatoms. The predicted octanol–water partition coefficient (Wildman–Crippen LogP) is 3.55. The number of amides is 2. The minimum atomic E-state index is -4.43. The van der Waals surface area contributed by atoms with Crippen molar-refractivity contribution in [1.29, 1.82) is 0 Å². The third kappa shape index (κ3) is 4.84. The van der Waals surface area contributed by atoms with Crippen LogP contribution in [0.5, 0.6) is 0 Å². The number of rotatable bonds is 2. The van der Waals surface area contributed by atoms with Gasteiger partial charge < -0.3 is 19.4 Å². The second kappa shape index (κ2) is 8.49. The number of aromatic nitrogens is 2. The van der Waals surface area contributed by atoms with E-state index in [1.54, 1.807) is 22.8 Å². The summed E-state index contributed by atoms with van der Waals surface area (Å²) in [4.78, 5) is 20.8. The number of nitrogens with zero attached hydrogens (tertiary/aromatic N) is 4. The average Bonchev–Trinajstić information content (AvgIpc) is 3.19. The fourth-order valence-electron chi connectivity index (χ4n) is 4.38. The summed E-state index contributed by atoms with van der Waals surface area (Å²) in [6.07, 6.45) is -3.30. The highest BCUT2D eigenvalue weighted by Gasteiger charge is 2.38. The molecule has 2 aromatic rings. The highest BCUT2D eigenvalue weighted by atomic mass is 19.4. The Morgan fingerprint density at radius 2 is 1.87 bits per heavy atom. The van der Waals surface area contributed by atoms with Crippen molar-refractivity contribution in [3.63, 3.8) is 0 Å². The lowest BCUT2D eigenvalue weighted by Crippen LogP contribution is -2.51. The molecule has 1 aromatic carbocycles.